The molecule has 162 valence electrons. The first kappa shape index (κ1) is 23.1. The smallest absolute Gasteiger partial charge is 0.297 e. The highest BCUT2D eigenvalue weighted by Crippen LogP contribution is 2.21. The Balaban J connectivity index is 1.93. The van der Waals surface area contributed by atoms with E-state index in [0.29, 0.717) is 15.6 Å². The molecule has 2 N–H and O–H groups in total. The van der Waals surface area contributed by atoms with Gasteiger partial charge in [0, 0.05) is 32.4 Å². The molecule has 0 unspecified atom stereocenters. The van der Waals surface area contributed by atoms with Crippen LogP contribution in [0.1, 0.15) is 51.5 Å². The van der Waals surface area contributed by atoms with Crippen molar-refractivity contribution in [1.29, 1.82) is 0 Å². The van der Waals surface area contributed by atoms with Crippen LogP contribution in [0.5, 0.6) is 5.75 Å². The van der Waals surface area contributed by atoms with Crippen molar-refractivity contribution < 1.29 is 9.90 Å². The van der Waals surface area contributed by atoms with Crippen molar-refractivity contribution in [3.05, 3.63) is 77.6 Å². The first-order valence-corrected chi connectivity index (χ1v) is 11.1. The van der Waals surface area contributed by atoms with E-state index in [1.807, 2.05) is 25.1 Å². The summed E-state index contributed by atoms with van der Waals surface area (Å²) in [6.45, 7) is 5.71. The van der Waals surface area contributed by atoms with Gasteiger partial charge in [0.05, 0.1) is 0 Å². The highest BCUT2D eigenvalue weighted by atomic mass is 35.5. The van der Waals surface area contributed by atoms with Crippen molar-refractivity contribution in [3.63, 3.8) is 0 Å². The molecule has 1 amide bonds. The summed E-state index contributed by atoms with van der Waals surface area (Å²) in [6.07, 6.45) is 3.49. The summed E-state index contributed by atoms with van der Waals surface area (Å²) in [5, 5.41) is 13.9. The Morgan fingerprint density at radius 2 is 1.90 bits per heavy atom. The number of carbonyl (C=O) groups excluding carboxylic acids is 1. The molecular weight excluding hydrogens is 457 g/mol. The van der Waals surface area contributed by atoms with Gasteiger partial charge in [-0.2, -0.15) is 0 Å². The average molecular weight is 478 g/mol. The molecule has 0 spiro atoms. The summed E-state index contributed by atoms with van der Waals surface area (Å²) in [6, 6.07) is 8.59. The standard InChI is InChI=1S/C22H21Cl2N3O3S/c1-12(2)27-18(7-6-17-5-4-13(3)31-17)26-19(20(28)22(27)30)21(29)25-11-14-8-15(23)10-16(24)9-14/h4-10,12,28H,11H2,1-3H3,(H,25,29). The van der Waals surface area contributed by atoms with Gasteiger partial charge in [0.25, 0.3) is 11.5 Å². The molecule has 0 saturated carbocycles. The van der Waals surface area contributed by atoms with Crippen LogP contribution in [-0.4, -0.2) is 20.6 Å². The molecule has 2 heterocycles. The van der Waals surface area contributed by atoms with Gasteiger partial charge in [0.1, 0.15) is 5.82 Å². The van der Waals surface area contributed by atoms with E-state index in [1.165, 1.54) is 4.57 Å². The second-order valence-corrected chi connectivity index (χ2v) is 9.37. The Labute approximate surface area is 193 Å². The number of aryl methyl sites for hydroxylation is 1. The van der Waals surface area contributed by atoms with Gasteiger partial charge >= 0.3 is 0 Å². The first-order chi connectivity index (χ1) is 14.7. The molecule has 31 heavy (non-hydrogen) atoms. The number of thiophene rings is 1. The number of aromatic hydroxyl groups is 1. The summed E-state index contributed by atoms with van der Waals surface area (Å²) < 4.78 is 1.35. The number of nitrogens with one attached hydrogen (secondary N) is 1. The maximum Gasteiger partial charge on any atom is 0.297 e. The Kier molecular flexibility index (Phi) is 7.20. The molecule has 9 heteroatoms. The topological polar surface area (TPSA) is 84.2 Å². The van der Waals surface area contributed by atoms with Crippen LogP contribution in [0.2, 0.25) is 10.0 Å². The van der Waals surface area contributed by atoms with Crippen molar-refractivity contribution >= 4 is 52.6 Å². The second-order valence-electron chi connectivity index (χ2n) is 7.18. The quantitative estimate of drug-likeness (QED) is 0.503. The normalized spacial score (nSPS) is 11.4. The van der Waals surface area contributed by atoms with Gasteiger partial charge in [0.2, 0.25) is 5.75 Å². The van der Waals surface area contributed by atoms with Gasteiger partial charge in [-0.15, -0.1) is 11.3 Å². The summed E-state index contributed by atoms with van der Waals surface area (Å²) >= 11 is 13.6. The minimum atomic E-state index is -0.695. The lowest BCUT2D eigenvalue weighted by Crippen LogP contribution is -2.31. The van der Waals surface area contributed by atoms with Crippen molar-refractivity contribution in [3.8, 4) is 5.75 Å². The molecule has 0 aliphatic heterocycles. The van der Waals surface area contributed by atoms with Crippen LogP contribution in [0.4, 0.5) is 0 Å². The Morgan fingerprint density at radius 1 is 1.23 bits per heavy atom. The fraction of sp³-hybridized carbons (Fsp3) is 0.227. The third-order valence-electron chi connectivity index (χ3n) is 4.38. The van der Waals surface area contributed by atoms with E-state index in [4.69, 9.17) is 23.2 Å². The second kappa shape index (κ2) is 9.68. The molecule has 1 aromatic carbocycles. The summed E-state index contributed by atoms with van der Waals surface area (Å²) in [5.41, 5.74) is -0.339. The molecule has 6 nitrogen and oxygen atoms in total. The predicted octanol–water partition coefficient (Wildman–Crippen LogP) is 5.31. The van der Waals surface area contributed by atoms with Gasteiger partial charge in [0.15, 0.2) is 5.69 Å². The number of carbonyl (C=O) groups is 1. The summed E-state index contributed by atoms with van der Waals surface area (Å²) in [7, 11) is 0. The largest absolute Gasteiger partial charge is 0.501 e. The number of hydrogen-bond acceptors (Lipinski definition) is 5. The zero-order valence-electron chi connectivity index (χ0n) is 17.1. The lowest BCUT2D eigenvalue weighted by atomic mass is 10.2. The lowest BCUT2D eigenvalue weighted by molar-refractivity contribution is 0.0942. The fourth-order valence-corrected chi connectivity index (χ4v) is 4.35. The Hall–Kier alpha value is -2.61. The molecule has 0 atom stereocenters. The highest BCUT2D eigenvalue weighted by molar-refractivity contribution is 7.12. The number of rotatable bonds is 6. The maximum atomic E-state index is 12.8. The van der Waals surface area contributed by atoms with E-state index >= 15 is 0 Å². The number of nitrogens with zero attached hydrogens (tertiary/aromatic N) is 2. The van der Waals surface area contributed by atoms with E-state index in [0.717, 1.165) is 9.75 Å². The molecule has 3 rings (SSSR count). The van der Waals surface area contributed by atoms with Crippen molar-refractivity contribution in [2.24, 2.45) is 0 Å². The van der Waals surface area contributed by atoms with Crippen molar-refractivity contribution in [2.45, 2.75) is 33.4 Å². The molecule has 0 saturated heterocycles. The van der Waals surface area contributed by atoms with E-state index in [2.05, 4.69) is 10.3 Å². The molecule has 0 bridgehead atoms. The van der Waals surface area contributed by atoms with Gasteiger partial charge in [-0.3, -0.25) is 14.2 Å². The molecule has 2 aromatic heterocycles. The Bertz CT molecular complexity index is 1190. The van der Waals surface area contributed by atoms with Crippen LogP contribution < -0.4 is 10.9 Å². The number of benzene rings is 1. The van der Waals surface area contributed by atoms with Crippen LogP contribution in [0.25, 0.3) is 12.2 Å². The van der Waals surface area contributed by atoms with Crippen LogP contribution in [0.3, 0.4) is 0 Å². The molecule has 0 fully saturated rings. The first-order valence-electron chi connectivity index (χ1n) is 9.49. The number of hydrogen-bond donors (Lipinski definition) is 2. The lowest BCUT2D eigenvalue weighted by Gasteiger charge is -2.15. The minimum Gasteiger partial charge on any atom is -0.501 e. The van der Waals surface area contributed by atoms with E-state index in [9.17, 15) is 14.7 Å². The number of halogens is 2. The maximum absolute atomic E-state index is 12.8. The van der Waals surface area contributed by atoms with Crippen LogP contribution in [0.15, 0.2) is 35.1 Å². The van der Waals surface area contributed by atoms with Gasteiger partial charge in [-0.25, -0.2) is 4.98 Å². The van der Waals surface area contributed by atoms with Crippen molar-refractivity contribution in [1.82, 2.24) is 14.9 Å². The zero-order chi connectivity index (χ0) is 22.7. The SMILES string of the molecule is Cc1ccc(C=Cc2nc(C(=O)NCc3cc(Cl)cc(Cl)c3)c(O)c(=O)n2C(C)C)s1. The molecule has 0 aliphatic rings. The third-order valence-corrected chi connectivity index (χ3v) is 5.79. The number of aromatic nitrogens is 2. The summed E-state index contributed by atoms with van der Waals surface area (Å²) in [4.78, 5) is 31.9. The molecule has 3 aromatic rings. The third kappa shape index (κ3) is 5.55. The average Bonchev–Trinajstić information content (AvgIpc) is 3.11. The summed E-state index contributed by atoms with van der Waals surface area (Å²) in [5.74, 6) is -1.09. The van der Waals surface area contributed by atoms with Crippen LogP contribution >= 0.6 is 34.5 Å². The van der Waals surface area contributed by atoms with Gasteiger partial charge in [-0.1, -0.05) is 23.2 Å². The van der Waals surface area contributed by atoms with Crippen LogP contribution in [0, 0.1) is 6.92 Å². The number of amides is 1. The van der Waals surface area contributed by atoms with Gasteiger partial charge in [-0.05, 0) is 68.8 Å². The minimum absolute atomic E-state index is 0.104. The Morgan fingerprint density at radius 3 is 2.48 bits per heavy atom. The zero-order valence-corrected chi connectivity index (χ0v) is 19.5. The fourth-order valence-electron chi connectivity index (χ4n) is 2.99. The van der Waals surface area contributed by atoms with E-state index in [-0.39, 0.29) is 24.1 Å². The van der Waals surface area contributed by atoms with E-state index in [1.54, 1.807) is 49.5 Å². The highest BCUT2D eigenvalue weighted by Gasteiger charge is 2.21. The predicted molar refractivity (Wildman–Crippen MR) is 126 cm³/mol. The van der Waals surface area contributed by atoms with E-state index < -0.39 is 17.2 Å². The van der Waals surface area contributed by atoms with Gasteiger partial charge < -0.3 is 10.4 Å². The monoisotopic (exact) mass is 477 g/mol. The molecule has 0 radical (unpaired) electrons. The van der Waals surface area contributed by atoms with Crippen molar-refractivity contribution in [2.75, 3.05) is 0 Å². The molecular formula is C22H21Cl2N3O3S. The van der Waals surface area contributed by atoms with Crippen LogP contribution in [-0.2, 0) is 6.54 Å². The molecule has 0 aliphatic carbocycles.